The minimum atomic E-state index is -0.817. The number of carbonyl (C=O) groups excluding carboxylic acids is 2. The number of imide groups is 1. The first-order valence-corrected chi connectivity index (χ1v) is 17.3. The summed E-state index contributed by atoms with van der Waals surface area (Å²) >= 11 is 0. The summed E-state index contributed by atoms with van der Waals surface area (Å²) < 4.78 is 0. The van der Waals surface area contributed by atoms with Gasteiger partial charge in [-0.1, -0.05) is 91.2 Å². The van der Waals surface area contributed by atoms with Gasteiger partial charge in [0.15, 0.2) is 0 Å². The third-order valence-electron chi connectivity index (χ3n) is 10.7. The Morgan fingerprint density at radius 1 is 0.936 bits per heavy atom. The molecule has 0 saturated carbocycles. The van der Waals surface area contributed by atoms with E-state index in [2.05, 4.69) is 30.0 Å². The van der Waals surface area contributed by atoms with Crippen LogP contribution in [0, 0.1) is 17.8 Å². The molecule has 2 aliphatic heterocycles. The normalized spacial score (nSPS) is 23.5. The van der Waals surface area contributed by atoms with E-state index >= 15 is 0 Å². The number of amides is 2. The first-order chi connectivity index (χ1) is 22.8. The first-order valence-electron chi connectivity index (χ1n) is 17.3. The molecule has 2 amide bonds. The summed E-state index contributed by atoms with van der Waals surface area (Å²) in [5.74, 6) is -1.70. The lowest BCUT2D eigenvalue weighted by Gasteiger charge is -2.36. The van der Waals surface area contributed by atoms with Crippen LogP contribution in [0.4, 0.5) is 0 Å². The topological polar surface area (TPSA) is 101 Å². The number of hydrogen-bond acceptors (Lipinski definition) is 6. The highest BCUT2D eigenvalue weighted by Crippen LogP contribution is 2.47. The smallest absolute Gasteiger partial charge is 0.234 e. The average Bonchev–Trinajstić information content (AvgIpc) is 3.33. The molecule has 0 bridgehead atoms. The average molecular weight is 637 g/mol. The predicted molar refractivity (Wildman–Crippen MR) is 185 cm³/mol. The number of nitrogens with zero attached hydrogens (tertiary/aromatic N) is 2. The van der Waals surface area contributed by atoms with Gasteiger partial charge in [-0.15, -0.1) is 0 Å². The van der Waals surface area contributed by atoms with Gasteiger partial charge in [0, 0.05) is 37.0 Å². The van der Waals surface area contributed by atoms with E-state index in [9.17, 15) is 24.9 Å². The quantitative estimate of drug-likeness (QED) is 0.165. The van der Waals surface area contributed by atoms with Crippen molar-refractivity contribution in [3.63, 3.8) is 0 Å². The molecule has 3 N–H and O–H groups in total. The van der Waals surface area contributed by atoms with E-state index in [1.165, 1.54) is 16.0 Å². The number of aromatic hydroxyl groups is 1. The molecule has 3 aromatic rings. The van der Waals surface area contributed by atoms with E-state index in [4.69, 9.17) is 0 Å². The van der Waals surface area contributed by atoms with E-state index in [-0.39, 0.29) is 30.2 Å². The van der Waals surface area contributed by atoms with Crippen molar-refractivity contribution >= 4 is 28.7 Å². The van der Waals surface area contributed by atoms with E-state index in [0.29, 0.717) is 19.3 Å². The second kappa shape index (κ2) is 14.5. The third-order valence-corrected chi connectivity index (χ3v) is 10.7. The lowest BCUT2D eigenvalue weighted by molar-refractivity contribution is -0.144. The zero-order valence-corrected chi connectivity index (χ0v) is 27.6. The Hall–Kier alpha value is -3.78. The number of hydrogen-bond donors (Lipinski definition) is 3. The van der Waals surface area contributed by atoms with Gasteiger partial charge >= 0.3 is 0 Å². The van der Waals surface area contributed by atoms with Crippen molar-refractivity contribution in [1.82, 2.24) is 9.80 Å². The van der Waals surface area contributed by atoms with Crippen LogP contribution >= 0.6 is 0 Å². The molecule has 47 heavy (non-hydrogen) atoms. The van der Waals surface area contributed by atoms with E-state index in [1.54, 1.807) is 6.07 Å². The number of phenolic OH excluding ortho intramolecular Hbond substituents is 1. The van der Waals surface area contributed by atoms with E-state index in [1.807, 2.05) is 55.5 Å². The fourth-order valence-corrected chi connectivity index (χ4v) is 8.40. The summed E-state index contributed by atoms with van der Waals surface area (Å²) in [5, 5.41) is 34.4. The molecule has 0 unspecified atom stereocenters. The number of benzene rings is 3. The molecule has 248 valence electrons. The van der Waals surface area contributed by atoms with Crippen LogP contribution in [-0.2, 0) is 16.1 Å². The van der Waals surface area contributed by atoms with Crippen LogP contribution in [0.2, 0.25) is 0 Å². The van der Waals surface area contributed by atoms with Crippen molar-refractivity contribution in [2.75, 3.05) is 19.7 Å². The Morgan fingerprint density at radius 3 is 2.34 bits per heavy atom. The molecule has 4 atom stereocenters. The number of allylic oxidation sites excluding steroid dienone is 2. The van der Waals surface area contributed by atoms with Crippen LogP contribution in [0.3, 0.4) is 0 Å². The molecule has 0 aromatic heterocycles. The van der Waals surface area contributed by atoms with Gasteiger partial charge in [0.25, 0.3) is 0 Å². The van der Waals surface area contributed by atoms with Crippen LogP contribution in [0.15, 0.2) is 83.4 Å². The lowest BCUT2D eigenvalue weighted by atomic mass is 9.68. The van der Waals surface area contributed by atoms with Crippen molar-refractivity contribution in [1.29, 1.82) is 0 Å². The van der Waals surface area contributed by atoms with Crippen LogP contribution in [0.25, 0.3) is 16.8 Å². The molecular formula is C40H48N2O5. The van der Waals surface area contributed by atoms with E-state index in [0.717, 1.165) is 72.8 Å². The van der Waals surface area contributed by atoms with Gasteiger partial charge in [-0.3, -0.25) is 19.4 Å². The molecule has 7 nitrogen and oxygen atoms in total. The van der Waals surface area contributed by atoms with Crippen molar-refractivity contribution < 1.29 is 24.9 Å². The minimum Gasteiger partial charge on any atom is -0.507 e. The van der Waals surface area contributed by atoms with Crippen LogP contribution in [0.5, 0.6) is 5.75 Å². The molecule has 1 aliphatic carbocycles. The zero-order valence-electron chi connectivity index (χ0n) is 27.6. The SMILES string of the molecule is CCC/C(=C\c1ccc(O)c2ccccc12)CC[C@@H](O)C1=C(C)C[C@H]2C(=O)N(C3CCN(Cc4ccccc4)CC3)C(=O)[C@H]2[C@H]1CO. The number of carbonyl (C=O) groups is 2. The van der Waals surface area contributed by atoms with Crippen molar-refractivity contribution in [3.8, 4) is 5.75 Å². The van der Waals surface area contributed by atoms with Gasteiger partial charge in [-0.2, -0.15) is 0 Å². The molecule has 2 heterocycles. The van der Waals surface area contributed by atoms with Crippen LogP contribution in [0.1, 0.15) is 69.9 Å². The Labute approximate surface area is 278 Å². The maximum atomic E-state index is 14.0. The van der Waals surface area contributed by atoms with Crippen molar-refractivity contribution in [2.24, 2.45) is 17.8 Å². The number of aliphatic hydroxyl groups is 2. The van der Waals surface area contributed by atoms with Gasteiger partial charge in [0.05, 0.1) is 24.5 Å². The maximum Gasteiger partial charge on any atom is 0.234 e. The van der Waals surface area contributed by atoms with Crippen molar-refractivity contribution in [3.05, 3.63) is 94.6 Å². The number of aliphatic hydroxyl groups excluding tert-OH is 2. The fourth-order valence-electron chi connectivity index (χ4n) is 8.40. The van der Waals surface area contributed by atoms with Gasteiger partial charge in [-0.05, 0) is 73.6 Å². The molecule has 0 spiro atoms. The molecule has 6 rings (SSSR count). The Morgan fingerprint density at radius 2 is 1.64 bits per heavy atom. The van der Waals surface area contributed by atoms with Gasteiger partial charge in [0.2, 0.25) is 11.8 Å². The Balaban J connectivity index is 1.14. The number of rotatable bonds is 11. The molecule has 3 aliphatic rings. The molecule has 0 radical (unpaired) electrons. The third kappa shape index (κ3) is 6.80. The zero-order chi connectivity index (χ0) is 33.1. The Kier molecular flexibility index (Phi) is 10.3. The highest BCUT2D eigenvalue weighted by molar-refractivity contribution is 6.06. The first kappa shape index (κ1) is 33.1. The summed E-state index contributed by atoms with van der Waals surface area (Å²) in [4.78, 5) is 31.7. The number of phenols is 1. The second-order valence-electron chi connectivity index (χ2n) is 13.7. The van der Waals surface area contributed by atoms with Crippen LogP contribution < -0.4 is 0 Å². The summed E-state index contributed by atoms with van der Waals surface area (Å²) in [7, 11) is 0. The summed E-state index contributed by atoms with van der Waals surface area (Å²) in [6, 6.07) is 21.7. The molecular weight excluding hydrogens is 588 g/mol. The molecule has 2 fully saturated rings. The molecule has 2 saturated heterocycles. The highest BCUT2D eigenvalue weighted by atomic mass is 16.3. The van der Waals surface area contributed by atoms with Crippen LogP contribution in [-0.4, -0.2) is 68.8 Å². The fraction of sp³-hybridized carbons (Fsp3) is 0.450. The summed E-state index contributed by atoms with van der Waals surface area (Å²) in [5.41, 5.74) is 5.15. The minimum absolute atomic E-state index is 0.109. The summed E-state index contributed by atoms with van der Waals surface area (Å²) in [6.07, 6.45) is 6.25. The number of piperidine rings is 1. The monoisotopic (exact) mass is 636 g/mol. The largest absolute Gasteiger partial charge is 0.507 e. The number of fused-ring (bicyclic) bond motifs is 2. The standard InChI is InChI=1S/C40H48N2O5/c1-3-9-27(23-29-15-17-35(44)32-13-8-7-12-31(29)32)14-16-36(45)37-26(2)22-33-38(34(37)25-43)40(47)42(39(33)46)30-18-20-41(21-19-30)24-28-10-5-4-6-11-28/h4-8,10-13,15,17,23,30,33-34,36,38,43-45H,3,9,14,16,18-22,24-25H2,1-2H3/b27-23+/t33-,34+,36-,38-/m1/s1. The number of likely N-dealkylation sites (tertiary alicyclic amines) is 2. The lowest BCUT2D eigenvalue weighted by Crippen LogP contribution is -2.47. The van der Waals surface area contributed by atoms with Gasteiger partial charge in [0.1, 0.15) is 5.75 Å². The molecule has 7 heteroatoms. The highest BCUT2D eigenvalue weighted by Gasteiger charge is 2.56. The van der Waals surface area contributed by atoms with Crippen molar-refractivity contribution in [2.45, 2.75) is 77.5 Å². The van der Waals surface area contributed by atoms with Gasteiger partial charge < -0.3 is 15.3 Å². The summed E-state index contributed by atoms with van der Waals surface area (Å²) in [6.45, 7) is 6.32. The molecule has 3 aromatic carbocycles. The second-order valence-corrected chi connectivity index (χ2v) is 13.7. The predicted octanol–water partition coefficient (Wildman–Crippen LogP) is 6.46. The maximum absolute atomic E-state index is 14.0. The van der Waals surface area contributed by atoms with Gasteiger partial charge in [-0.25, -0.2) is 0 Å². The Bertz CT molecular complexity index is 1660. The van der Waals surface area contributed by atoms with E-state index < -0.39 is 23.9 Å².